The second-order valence-corrected chi connectivity index (χ2v) is 6.49. The van der Waals surface area contributed by atoms with Crippen LogP contribution in [0.15, 0.2) is 35.9 Å². The van der Waals surface area contributed by atoms with Crippen LogP contribution in [0.4, 0.5) is 0 Å². The van der Waals surface area contributed by atoms with Gasteiger partial charge in [0.25, 0.3) is 0 Å². The number of ether oxygens (including phenoxy) is 2. The van der Waals surface area contributed by atoms with Crippen molar-refractivity contribution < 1.29 is 14.3 Å². The Morgan fingerprint density at radius 2 is 1.81 bits per heavy atom. The van der Waals surface area contributed by atoms with Crippen molar-refractivity contribution in [3.63, 3.8) is 0 Å². The van der Waals surface area contributed by atoms with Crippen LogP contribution in [-0.2, 0) is 14.3 Å². The molecule has 0 aliphatic heterocycles. The molecule has 0 saturated carbocycles. The summed E-state index contributed by atoms with van der Waals surface area (Å²) < 4.78 is 11.0. The summed E-state index contributed by atoms with van der Waals surface area (Å²) in [5, 5.41) is 0. The van der Waals surface area contributed by atoms with Crippen LogP contribution in [0.3, 0.4) is 0 Å². The predicted octanol–water partition coefficient (Wildman–Crippen LogP) is 4.08. The lowest BCUT2D eigenvalue weighted by atomic mass is 10.1. The number of carbonyl (C=O) groups excluding carboxylic acids is 1. The third kappa shape index (κ3) is 7.66. The van der Waals surface area contributed by atoms with Gasteiger partial charge >= 0.3 is 5.97 Å². The van der Waals surface area contributed by atoms with E-state index in [0.717, 1.165) is 5.56 Å². The van der Waals surface area contributed by atoms with Crippen LogP contribution in [-0.4, -0.2) is 24.8 Å². The maximum Gasteiger partial charge on any atom is 0.336 e. The zero-order valence-corrected chi connectivity index (χ0v) is 13.7. The monoisotopic (exact) mass is 290 g/mol. The summed E-state index contributed by atoms with van der Waals surface area (Å²) in [4.78, 5) is 12.3. The molecule has 3 heteroatoms. The lowest BCUT2D eigenvalue weighted by Gasteiger charge is -2.21. The van der Waals surface area contributed by atoms with Crippen LogP contribution in [0.2, 0.25) is 0 Å². The summed E-state index contributed by atoms with van der Waals surface area (Å²) in [6.07, 6.45) is 1.83. The van der Waals surface area contributed by atoms with E-state index >= 15 is 0 Å². The first-order chi connectivity index (χ1) is 9.78. The SMILES string of the molecule is CC(C)COCC(=Cc1ccccc1)C(=O)OC(C)(C)C. The summed E-state index contributed by atoms with van der Waals surface area (Å²) >= 11 is 0. The minimum Gasteiger partial charge on any atom is -0.457 e. The minimum absolute atomic E-state index is 0.266. The molecular weight excluding hydrogens is 264 g/mol. The summed E-state index contributed by atoms with van der Waals surface area (Å²) in [6, 6.07) is 9.72. The van der Waals surface area contributed by atoms with Gasteiger partial charge in [-0.25, -0.2) is 4.79 Å². The Bertz CT molecular complexity index is 467. The molecule has 0 aliphatic rings. The van der Waals surface area contributed by atoms with Crippen molar-refractivity contribution in [2.75, 3.05) is 13.2 Å². The van der Waals surface area contributed by atoms with Crippen molar-refractivity contribution in [2.45, 2.75) is 40.2 Å². The van der Waals surface area contributed by atoms with E-state index in [-0.39, 0.29) is 12.6 Å². The first-order valence-corrected chi connectivity index (χ1v) is 7.34. The highest BCUT2D eigenvalue weighted by atomic mass is 16.6. The molecular formula is C18H26O3. The van der Waals surface area contributed by atoms with E-state index < -0.39 is 5.60 Å². The molecule has 0 atom stereocenters. The van der Waals surface area contributed by atoms with E-state index in [9.17, 15) is 4.79 Å². The van der Waals surface area contributed by atoms with Crippen molar-refractivity contribution in [2.24, 2.45) is 5.92 Å². The van der Waals surface area contributed by atoms with E-state index in [1.807, 2.05) is 57.2 Å². The largest absolute Gasteiger partial charge is 0.457 e. The quantitative estimate of drug-likeness (QED) is 0.585. The highest BCUT2D eigenvalue weighted by Crippen LogP contribution is 2.14. The summed E-state index contributed by atoms with van der Waals surface area (Å²) in [7, 11) is 0. The molecule has 0 fully saturated rings. The molecule has 0 saturated heterocycles. The van der Waals surface area contributed by atoms with Crippen molar-refractivity contribution in [1.82, 2.24) is 0 Å². The predicted molar refractivity (Wildman–Crippen MR) is 85.9 cm³/mol. The fraction of sp³-hybridized carbons (Fsp3) is 0.500. The average molecular weight is 290 g/mol. The number of carbonyl (C=O) groups is 1. The minimum atomic E-state index is -0.509. The van der Waals surface area contributed by atoms with E-state index in [1.54, 1.807) is 0 Å². The smallest absolute Gasteiger partial charge is 0.336 e. The fourth-order valence-corrected chi connectivity index (χ4v) is 1.66. The second kappa shape index (κ2) is 7.99. The van der Waals surface area contributed by atoms with Crippen LogP contribution in [0.5, 0.6) is 0 Å². The van der Waals surface area contributed by atoms with E-state index in [4.69, 9.17) is 9.47 Å². The van der Waals surface area contributed by atoms with E-state index in [0.29, 0.717) is 18.1 Å². The Kier molecular flexibility index (Phi) is 6.63. The molecule has 3 nitrogen and oxygen atoms in total. The van der Waals surface area contributed by atoms with Gasteiger partial charge in [-0.15, -0.1) is 0 Å². The Morgan fingerprint density at radius 1 is 1.19 bits per heavy atom. The first-order valence-electron chi connectivity index (χ1n) is 7.34. The van der Waals surface area contributed by atoms with Gasteiger partial charge in [-0.1, -0.05) is 44.2 Å². The molecule has 1 aromatic rings. The van der Waals surface area contributed by atoms with Crippen molar-refractivity contribution in [3.8, 4) is 0 Å². The van der Waals surface area contributed by atoms with Crippen LogP contribution in [0.25, 0.3) is 6.08 Å². The maximum absolute atomic E-state index is 12.3. The van der Waals surface area contributed by atoms with Crippen LogP contribution < -0.4 is 0 Å². The molecule has 0 radical (unpaired) electrons. The number of esters is 1. The van der Waals surface area contributed by atoms with Crippen LogP contribution in [0, 0.1) is 5.92 Å². The molecule has 0 aromatic heterocycles. The fourth-order valence-electron chi connectivity index (χ4n) is 1.66. The number of benzene rings is 1. The summed E-state index contributed by atoms with van der Waals surface area (Å²) in [5.74, 6) is 0.108. The lowest BCUT2D eigenvalue weighted by Crippen LogP contribution is -2.26. The van der Waals surface area contributed by atoms with Gasteiger partial charge in [0.1, 0.15) is 5.60 Å². The van der Waals surface area contributed by atoms with E-state index in [2.05, 4.69) is 13.8 Å². The highest BCUT2D eigenvalue weighted by Gasteiger charge is 2.20. The standard InChI is InChI=1S/C18H26O3/c1-14(2)12-20-13-16(17(19)21-18(3,4)5)11-15-9-7-6-8-10-15/h6-11,14H,12-13H2,1-5H3. The second-order valence-electron chi connectivity index (χ2n) is 6.49. The Morgan fingerprint density at radius 3 is 2.33 bits per heavy atom. The van der Waals surface area contributed by atoms with E-state index in [1.165, 1.54) is 0 Å². The van der Waals surface area contributed by atoms with Gasteiger partial charge in [0, 0.05) is 6.61 Å². The molecule has 1 aromatic carbocycles. The Labute approximate surface area is 128 Å². The van der Waals surface area contributed by atoms with Gasteiger partial charge in [0.2, 0.25) is 0 Å². The molecule has 21 heavy (non-hydrogen) atoms. The van der Waals surface area contributed by atoms with Crippen molar-refractivity contribution >= 4 is 12.0 Å². The zero-order valence-electron chi connectivity index (χ0n) is 13.7. The molecule has 0 heterocycles. The number of hydrogen-bond donors (Lipinski definition) is 0. The van der Waals surface area contributed by atoms with Crippen molar-refractivity contribution in [3.05, 3.63) is 41.5 Å². The zero-order chi connectivity index (χ0) is 15.9. The topological polar surface area (TPSA) is 35.5 Å². The number of hydrogen-bond acceptors (Lipinski definition) is 3. The average Bonchev–Trinajstić information content (AvgIpc) is 2.36. The molecule has 0 aliphatic carbocycles. The Balaban J connectivity index is 2.84. The number of rotatable bonds is 6. The van der Waals surface area contributed by atoms with Gasteiger partial charge in [0.15, 0.2) is 0 Å². The third-order valence-electron chi connectivity index (χ3n) is 2.51. The first kappa shape index (κ1) is 17.4. The summed E-state index contributed by atoms with van der Waals surface area (Å²) in [6.45, 7) is 10.6. The van der Waals surface area contributed by atoms with Gasteiger partial charge in [-0.2, -0.15) is 0 Å². The molecule has 0 unspecified atom stereocenters. The normalized spacial score (nSPS) is 12.6. The van der Waals surface area contributed by atoms with Gasteiger partial charge in [0.05, 0.1) is 12.2 Å². The van der Waals surface area contributed by atoms with Crippen LogP contribution >= 0.6 is 0 Å². The molecule has 1 rings (SSSR count). The Hall–Kier alpha value is -1.61. The summed E-state index contributed by atoms with van der Waals surface area (Å²) in [5.41, 5.74) is 0.994. The molecule has 0 N–H and O–H groups in total. The third-order valence-corrected chi connectivity index (χ3v) is 2.51. The molecule has 0 spiro atoms. The molecule has 0 bridgehead atoms. The molecule has 0 amide bonds. The highest BCUT2D eigenvalue weighted by molar-refractivity contribution is 5.94. The van der Waals surface area contributed by atoms with Crippen molar-refractivity contribution in [1.29, 1.82) is 0 Å². The van der Waals surface area contributed by atoms with Gasteiger partial charge in [-0.3, -0.25) is 0 Å². The lowest BCUT2D eigenvalue weighted by molar-refractivity contribution is -0.150. The van der Waals surface area contributed by atoms with Crippen LogP contribution in [0.1, 0.15) is 40.2 Å². The van der Waals surface area contributed by atoms with Gasteiger partial charge in [-0.05, 0) is 38.3 Å². The maximum atomic E-state index is 12.3. The molecule has 116 valence electrons. The van der Waals surface area contributed by atoms with Gasteiger partial charge < -0.3 is 9.47 Å².